The number of fused-ring (bicyclic) bond motifs is 1. The Bertz CT molecular complexity index is 1190. The smallest absolute Gasteiger partial charge is 0.252 e. The van der Waals surface area contributed by atoms with E-state index in [9.17, 15) is 4.79 Å². The number of nitrogens with zero attached hydrogens (tertiary/aromatic N) is 5. The van der Waals surface area contributed by atoms with Gasteiger partial charge in [-0.1, -0.05) is 39.5 Å². The first-order chi connectivity index (χ1) is 17.0. The lowest BCUT2D eigenvalue weighted by atomic mass is 9.97. The van der Waals surface area contributed by atoms with E-state index in [-0.39, 0.29) is 11.6 Å². The summed E-state index contributed by atoms with van der Waals surface area (Å²) in [6.07, 6.45) is 9.49. The van der Waals surface area contributed by atoms with Crippen molar-refractivity contribution in [1.82, 2.24) is 30.1 Å². The quantitative estimate of drug-likeness (QED) is 0.456. The van der Waals surface area contributed by atoms with Crippen molar-refractivity contribution in [3.05, 3.63) is 46.0 Å². The van der Waals surface area contributed by atoms with Crippen LogP contribution in [0.5, 0.6) is 5.75 Å². The van der Waals surface area contributed by atoms with Gasteiger partial charge in [0.05, 0.1) is 18.7 Å². The van der Waals surface area contributed by atoms with Crippen molar-refractivity contribution in [2.75, 3.05) is 6.61 Å². The molecule has 8 heteroatoms. The van der Waals surface area contributed by atoms with Gasteiger partial charge >= 0.3 is 0 Å². The van der Waals surface area contributed by atoms with E-state index in [4.69, 9.17) is 4.74 Å². The highest BCUT2D eigenvalue weighted by Gasteiger charge is 2.36. The Kier molecular flexibility index (Phi) is 7.18. The third kappa shape index (κ3) is 4.99. The zero-order chi connectivity index (χ0) is 24.4. The Balaban J connectivity index is 1.53. The van der Waals surface area contributed by atoms with Gasteiger partial charge in [-0.25, -0.2) is 4.68 Å². The molecule has 0 bridgehead atoms. The maximum absolute atomic E-state index is 13.2. The van der Waals surface area contributed by atoms with Crippen molar-refractivity contribution in [2.45, 2.75) is 96.8 Å². The van der Waals surface area contributed by atoms with Gasteiger partial charge < -0.3 is 9.72 Å². The van der Waals surface area contributed by atoms with Crippen LogP contribution in [-0.2, 0) is 6.54 Å². The summed E-state index contributed by atoms with van der Waals surface area (Å²) in [5.74, 6) is 2.09. The summed E-state index contributed by atoms with van der Waals surface area (Å²) in [7, 11) is 0. The van der Waals surface area contributed by atoms with Crippen LogP contribution < -0.4 is 10.3 Å². The van der Waals surface area contributed by atoms with Crippen LogP contribution in [0.1, 0.15) is 95.6 Å². The Morgan fingerprint density at radius 3 is 2.57 bits per heavy atom. The SMILES string of the molecule is CCOc1ccc2[nH]c(=O)c(CN(C3CCCC3)[C@H](c3nnnn3C3CCCC3)C(C)C)cc2c1. The zero-order valence-corrected chi connectivity index (χ0v) is 21.2. The van der Waals surface area contributed by atoms with Crippen LogP contribution in [0.25, 0.3) is 10.9 Å². The second-order valence-corrected chi connectivity index (χ2v) is 10.5. The number of tetrazole rings is 1. The molecular formula is C27H38N6O2. The highest BCUT2D eigenvalue weighted by molar-refractivity contribution is 5.80. The summed E-state index contributed by atoms with van der Waals surface area (Å²) in [5, 5.41) is 14.1. The molecule has 1 N–H and O–H groups in total. The number of ether oxygens (including phenoxy) is 1. The second-order valence-electron chi connectivity index (χ2n) is 10.5. The third-order valence-corrected chi connectivity index (χ3v) is 7.79. The lowest BCUT2D eigenvalue weighted by Gasteiger charge is -2.38. The monoisotopic (exact) mass is 478 g/mol. The van der Waals surface area contributed by atoms with Crippen molar-refractivity contribution < 1.29 is 4.74 Å². The predicted molar refractivity (Wildman–Crippen MR) is 136 cm³/mol. The Morgan fingerprint density at radius 2 is 1.86 bits per heavy atom. The van der Waals surface area contributed by atoms with Crippen LogP contribution in [0.15, 0.2) is 29.1 Å². The molecule has 0 saturated heterocycles. The van der Waals surface area contributed by atoms with Crippen LogP contribution in [-0.4, -0.2) is 42.7 Å². The third-order valence-electron chi connectivity index (χ3n) is 7.79. The Morgan fingerprint density at radius 1 is 1.11 bits per heavy atom. The topological polar surface area (TPSA) is 88.9 Å². The molecule has 1 atom stereocenters. The van der Waals surface area contributed by atoms with Crippen molar-refractivity contribution in [2.24, 2.45) is 5.92 Å². The summed E-state index contributed by atoms with van der Waals surface area (Å²) in [5.41, 5.74) is 1.59. The summed E-state index contributed by atoms with van der Waals surface area (Å²) in [6, 6.07) is 8.73. The van der Waals surface area contributed by atoms with Gasteiger partial charge in [0.15, 0.2) is 5.82 Å². The van der Waals surface area contributed by atoms with Crippen LogP contribution in [0, 0.1) is 5.92 Å². The molecule has 0 spiro atoms. The molecule has 188 valence electrons. The second kappa shape index (κ2) is 10.5. The fourth-order valence-electron chi connectivity index (χ4n) is 6.12. The zero-order valence-electron chi connectivity index (χ0n) is 21.2. The van der Waals surface area contributed by atoms with E-state index in [1.165, 1.54) is 25.7 Å². The molecular weight excluding hydrogens is 440 g/mol. The van der Waals surface area contributed by atoms with Crippen molar-refractivity contribution in [1.29, 1.82) is 0 Å². The van der Waals surface area contributed by atoms with E-state index < -0.39 is 0 Å². The highest BCUT2D eigenvalue weighted by atomic mass is 16.5. The minimum atomic E-state index is -0.0254. The first kappa shape index (κ1) is 24.0. The molecule has 1 aromatic carbocycles. The van der Waals surface area contributed by atoms with Crippen LogP contribution >= 0.6 is 0 Å². The maximum Gasteiger partial charge on any atom is 0.252 e. The standard InChI is InChI=1S/C27H38N6O2/c1-4-35-23-13-14-24-19(16-23)15-20(27(34)28-24)17-32(21-9-5-6-10-21)25(18(2)3)26-29-30-31-33(26)22-11-7-8-12-22/h13-16,18,21-22,25H,4-12,17H2,1-3H3,(H,28,34)/t25-/m0/s1. The summed E-state index contributed by atoms with van der Waals surface area (Å²) >= 11 is 0. The van der Waals surface area contributed by atoms with E-state index in [2.05, 4.69) is 43.9 Å². The summed E-state index contributed by atoms with van der Waals surface area (Å²) in [4.78, 5) is 18.8. The summed E-state index contributed by atoms with van der Waals surface area (Å²) in [6.45, 7) is 7.67. The molecule has 0 amide bonds. The van der Waals surface area contributed by atoms with Crippen molar-refractivity contribution >= 4 is 10.9 Å². The molecule has 8 nitrogen and oxygen atoms in total. The number of hydrogen-bond donors (Lipinski definition) is 1. The summed E-state index contributed by atoms with van der Waals surface area (Å²) < 4.78 is 7.80. The van der Waals surface area contributed by atoms with Gasteiger partial charge in [-0.2, -0.15) is 0 Å². The van der Waals surface area contributed by atoms with E-state index in [1.54, 1.807) is 0 Å². The fraction of sp³-hybridized carbons (Fsp3) is 0.630. The predicted octanol–water partition coefficient (Wildman–Crippen LogP) is 5.17. The molecule has 3 aromatic rings. The van der Waals surface area contributed by atoms with Gasteiger partial charge in [-0.15, -0.1) is 5.10 Å². The molecule has 0 radical (unpaired) electrons. The number of rotatable bonds is 9. The van der Waals surface area contributed by atoms with Crippen molar-refractivity contribution in [3.63, 3.8) is 0 Å². The molecule has 35 heavy (non-hydrogen) atoms. The molecule has 2 heterocycles. The van der Waals surface area contributed by atoms with E-state index in [1.807, 2.05) is 31.2 Å². The van der Waals surface area contributed by atoms with Gasteiger partial charge in [0, 0.05) is 29.1 Å². The average Bonchev–Trinajstić information content (AvgIpc) is 3.61. The van der Waals surface area contributed by atoms with Crippen LogP contribution in [0.4, 0.5) is 0 Å². The van der Waals surface area contributed by atoms with E-state index in [0.717, 1.165) is 53.7 Å². The Labute approximate surface area is 207 Å². The van der Waals surface area contributed by atoms with Crippen LogP contribution in [0.3, 0.4) is 0 Å². The van der Waals surface area contributed by atoms with Gasteiger partial charge in [-0.3, -0.25) is 9.69 Å². The van der Waals surface area contributed by atoms with Crippen molar-refractivity contribution in [3.8, 4) is 5.75 Å². The first-order valence-corrected chi connectivity index (χ1v) is 13.4. The Hall–Kier alpha value is -2.74. The molecule has 0 unspecified atom stereocenters. The number of hydrogen-bond acceptors (Lipinski definition) is 6. The number of H-pyrrole nitrogens is 1. The van der Waals surface area contributed by atoms with Gasteiger partial charge in [0.1, 0.15) is 5.75 Å². The number of pyridine rings is 1. The number of aromatic nitrogens is 5. The minimum absolute atomic E-state index is 0.0254. The normalized spacial score (nSPS) is 18.3. The average molecular weight is 479 g/mol. The van der Waals surface area contributed by atoms with Gasteiger partial charge in [0.25, 0.3) is 5.56 Å². The lowest BCUT2D eigenvalue weighted by molar-refractivity contribution is 0.0826. The minimum Gasteiger partial charge on any atom is -0.494 e. The number of benzene rings is 1. The maximum atomic E-state index is 13.2. The van der Waals surface area contributed by atoms with E-state index >= 15 is 0 Å². The van der Waals surface area contributed by atoms with Crippen LogP contribution in [0.2, 0.25) is 0 Å². The van der Waals surface area contributed by atoms with Gasteiger partial charge in [-0.05, 0) is 73.2 Å². The molecule has 2 aliphatic carbocycles. The highest BCUT2D eigenvalue weighted by Crippen LogP contribution is 2.38. The number of nitrogens with one attached hydrogen (secondary N) is 1. The molecule has 2 saturated carbocycles. The molecule has 2 aromatic heterocycles. The lowest BCUT2D eigenvalue weighted by Crippen LogP contribution is -2.41. The first-order valence-electron chi connectivity index (χ1n) is 13.4. The molecule has 0 aliphatic heterocycles. The molecule has 2 aliphatic rings. The molecule has 5 rings (SSSR count). The number of aromatic amines is 1. The largest absolute Gasteiger partial charge is 0.494 e. The molecule has 2 fully saturated rings. The fourth-order valence-corrected chi connectivity index (χ4v) is 6.12. The van der Waals surface area contributed by atoms with Gasteiger partial charge in [0.2, 0.25) is 0 Å². The van der Waals surface area contributed by atoms with E-state index in [0.29, 0.717) is 31.2 Å².